The van der Waals surface area contributed by atoms with Crippen molar-refractivity contribution in [1.29, 1.82) is 0 Å². The van der Waals surface area contributed by atoms with Gasteiger partial charge in [-0.1, -0.05) is 31.4 Å². The van der Waals surface area contributed by atoms with Gasteiger partial charge in [0.05, 0.1) is 6.04 Å². The molecule has 1 aliphatic heterocycles. The Kier molecular flexibility index (Phi) is 4.62. The zero-order chi connectivity index (χ0) is 20.9. The zero-order valence-corrected chi connectivity index (χ0v) is 17.9. The van der Waals surface area contributed by atoms with Gasteiger partial charge in [0.15, 0.2) is 0 Å². The molecule has 1 amide bonds. The van der Waals surface area contributed by atoms with E-state index in [0.717, 1.165) is 25.8 Å². The number of carbonyl (C=O) groups is 1. The highest BCUT2D eigenvalue weighted by molar-refractivity contribution is 5.95. The Balaban J connectivity index is 1.41. The number of aryl methyl sites for hydroxylation is 1. The first kappa shape index (κ1) is 19.1. The Bertz CT molecular complexity index is 1160. The lowest BCUT2D eigenvalue weighted by Gasteiger charge is -2.40. The normalized spacial score (nSPS) is 21.3. The standard InChI is InChI=1S/C27H29FN2O/c28-21-9-4-8-20(16-21)27(31)30-15-14-29-24-13-12-19(18-6-2-1-3-7-18)17-23(24)22-10-5-11-25(30)26(22)29/h4,8-9,12-13,16-18,25H,1-3,5-7,10-11,14-15H2/t25-/m1/s1. The number of amides is 1. The highest BCUT2D eigenvalue weighted by atomic mass is 19.1. The number of nitrogens with zero attached hydrogens (tertiary/aromatic N) is 2. The summed E-state index contributed by atoms with van der Waals surface area (Å²) in [7, 11) is 0. The number of hydrogen-bond acceptors (Lipinski definition) is 1. The van der Waals surface area contributed by atoms with Crippen LogP contribution in [0.15, 0.2) is 42.5 Å². The van der Waals surface area contributed by atoms with Crippen LogP contribution in [0.25, 0.3) is 10.9 Å². The van der Waals surface area contributed by atoms with Crippen LogP contribution in [0.2, 0.25) is 0 Å². The lowest BCUT2D eigenvalue weighted by atomic mass is 9.83. The summed E-state index contributed by atoms with van der Waals surface area (Å²) in [5.41, 5.74) is 6.06. The lowest BCUT2D eigenvalue weighted by molar-refractivity contribution is 0.0600. The summed E-state index contributed by atoms with van der Waals surface area (Å²) in [5, 5.41) is 1.41. The van der Waals surface area contributed by atoms with E-state index in [9.17, 15) is 9.18 Å². The summed E-state index contributed by atoms with van der Waals surface area (Å²) in [6.45, 7) is 1.49. The third kappa shape index (κ3) is 3.10. The van der Waals surface area contributed by atoms with Crippen LogP contribution in [0.4, 0.5) is 4.39 Å². The Morgan fingerprint density at radius 3 is 2.65 bits per heavy atom. The van der Waals surface area contributed by atoms with E-state index in [1.807, 2.05) is 4.90 Å². The van der Waals surface area contributed by atoms with Crippen molar-refractivity contribution in [2.75, 3.05) is 6.54 Å². The molecule has 2 heterocycles. The SMILES string of the molecule is O=C(c1cccc(F)c1)N1CCn2c3c(c4cc(C5CCCCC5)ccc42)CCC[C@H]31. The van der Waals surface area contributed by atoms with Crippen molar-refractivity contribution >= 4 is 16.8 Å². The third-order valence-corrected chi connectivity index (χ3v) is 7.81. The minimum atomic E-state index is -0.350. The van der Waals surface area contributed by atoms with E-state index in [1.54, 1.807) is 12.1 Å². The van der Waals surface area contributed by atoms with Crippen LogP contribution in [-0.2, 0) is 13.0 Å². The Hall–Kier alpha value is -2.62. The van der Waals surface area contributed by atoms with E-state index in [2.05, 4.69) is 22.8 Å². The minimum Gasteiger partial charge on any atom is -0.341 e. The van der Waals surface area contributed by atoms with Crippen molar-refractivity contribution in [2.24, 2.45) is 0 Å². The van der Waals surface area contributed by atoms with Gasteiger partial charge in [-0.25, -0.2) is 4.39 Å². The molecule has 3 nitrogen and oxygen atoms in total. The van der Waals surface area contributed by atoms with E-state index in [-0.39, 0.29) is 17.8 Å². The van der Waals surface area contributed by atoms with Crippen LogP contribution in [0, 0.1) is 5.82 Å². The monoisotopic (exact) mass is 416 g/mol. The van der Waals surface area contributed by atoms with E-state index >= 15 is 0 Å². The number of fused-ring (bicyclic) bond motifs is 3. The molecular formula is C27H29FN2O. The smallest absolute Gasteiger partial charge is 0.254 e. The van der Waals surface area contributed by atoms with E-state index in [0.29, 0.717) is 18.0 Å². The Morgan fingerprint density at radius 1 is 0.935 bits per heavy atom. The van der Waals surface area contributed by atoms with Crippen LogP contribution >= 0.6 is 0 Å². The fourth-order valence-electron chi connectivity index (χ4n) is 6.34. The minimum absolute atomic E-state index is 0.0447. The zero-order valence-electron chi connectivity index (χ0n) is 17.9. The molecule has 0 saturated heterocycles. The van der Waals surface area contributed by atoms with Crippen molar-refractivity contribution in [1.82, 2.24) is 9.47 Å². The molecule has 3 aliphatic rings. The summed E-state index contributed by atoms with van der Waals surface area (Å²) in [6, 6.07) is 13.4. The van der Waals surface area contributed by atoms with Gasteiger partial charge < -0.3 is 9.47 Å². The topological polar surface area (TPSA) is 25.2 Å². The number of rotatable bonds is 2. The predicted molar refractivity (Wildman–Crippen MR) is 121 cm³/mol. The molecule has 0 bridgehead atoms. The first-order valence-electron chi connectivity index (χ1n) is 11.9. The maximum atomic E-state index is 13.7. The lowest BCUT2D eigenvalue weighted by Crippen LogP contribution is -2.43. The molecule has 3 aromatic rings. The van der Waals surface area contributed by atoms with Crippen LogP contribution in [-0.4, -0.2) is 21.9 Å². The molecule has 0 spiro atoms. The maximum Gasteiger partial charge on any atom is 0.254 e. The van der Waals surface area contributed by atoms with Gasteiger partial charge in [0.1, 0.15) is 5.82 Å². The largest absolute Gasteiger partial charge is 0.341 e. The van der Waals surface area contributed by atoms with Gasteiger partial charge in [0.2, 0.25) is 0 Å². The summed E-state index contributed by atoms with van der Waals surface area (Å²) < 4.78 is 16.2. The Morgan fingerprint density at radius 2 is 1.81 bits per heavy atom. The molecule has 0 N–H and O–H groups in total. The second kappa shape index (κ2) is 7.51. The van der Waals surface area contributed by atoms with Crippen molar-refractivity contribution in [3.8, 4) is 0 Å². The molecule has 6 rings (SSSR count). The number of halogens is 1. The highest BCUT2D eigenvalue weighted by Gasteiger charge is 2.37. The van der Waals surface area contributed by atoms with Crippen LogP contribution in [0.1, 0.15) is 84.1 Å². The summed E-state index contributed by atoms with van der Waals surface area (Å²) >= 11 is 0. The molecular weight excluding hydrogens is 387 g/mol. The Labute approximate surface area is 182 Å². The summed E-state index contributed by atoms with van der Waals surface area (Å²) in [4.78, 5) is 15.3. The first-order valence-corrected chi connectivity index (χ1v) is 11.9. The number of carbonyl (C=O) groups excluding carboxylic acids is 1. The van der Waals surface area contributed by atoms with Crippen molar-refractivity contribution < 1.29 is 9.18 Å². The predicted octanol–water partition coefficient (Wildman–Crippen LogP) is 6.36. The van der Waals surface area contributed by atoms with Crippen molar-refractivity contribution in [2.45, 2.75) is 69.9 Å². The van der Waals surface area contributed by atoms with Gasteiger partial charge >= 0.3 is 0 Å². The van der Waals surface area contributed by atoms with Crippen molar-refractivity contribution in [3.63, 3.8) is 0 Å². The van der Waals surface area contributed by atoms with Gasteiger partial charge in [0, 0.05) is 35.2 Å². The molecule has 4 heteroatoms. The number of aromatic nitrogens is 1. The second-order valence-electron chi connectivity index (χ2n) is 9.54. The van der Waals surface area contributed by atoms with Gasteiger partial charge in [-0.3, -0.25) is 4.79 Å². The van der Waals surface area contributed by atoms with Gasteiger partial charge in [-0.15, -0.1) is 0 Å². The van der Waals surface area contributed by atoms with Crippen LogP contribution in [0.5, 0.6) is 0 Å². The molecule has 2 aliphatic carbocycles. The van der Waals surface area contributed by atoms with Crippen LogP contribution in [0.3, 0.4) is 0 Å². The number of benzene rings is 2. The average Bonchev–Trinajstić information content (AvgIpc) is 3.14. The second-order valence-corrected chi connectivity index (χ2v) is 9.54. The summed E-state index contributed by atoms with van der Waals surface area (Å²) in [5.74, 6) is 0.306. The maximum absolute atomic E-state index is 13.7. The molecule has 1 aromatic heterocycles. The molecule has 2 aromatic carbocycles. The molecule has 1 saturated carbocycles. The van der Waals surface area contributed by atoms with Crippen molar-refractivity contribution in [3.05, 3.63) is 70.7 Å². The molecule has 160 valence electrons. The third-order valence-electron chi connectivity index (χ3n) is 7.81. The fourth-order valence-corrected chi connectivity index (χ4v) is 6.34. The molecule has 1 fully saturated rings. The molecule has 0 unspecified atom stereocenters. The molecule has 31 heavy (non-hydrogen) atoms. The van der Waals surface area contributed by atoms with Gasteiger partial charge in [-0.2, -0.15) is 0 Å². The van der Waals surface area contributed by atoms with E-state index in [4.69, 9.17) is 0 Å². The quantitative estimate of drug-likeness (QED) is 0.477. The average molecular weight is 417 g/mol. The van der Waals surface area contributed by atoms with Gasteiger partial charge in [0.25, 0.3) is 5.91 Å². The summed E-state index contributed by atoms with van der Waals surface area (Å²) in [6.07, 6.45) is 9.87. The van der Waals surface area contributed by atoms with E-state index in [1.165, 1.54) is 72.0 Å². The molecule has 1 atom stereocenters. The van der Waals surface area contributed by atoms with Crippen LogP contribution < -0.4 is 0 Å². The molecule has 0 radical (unpaired) electrons. The first-order chi connectivity index (χ1) is 15.2. The fraction of sp³-hybridized carbons (Fsp3) is 0.444. The highest BCUT2D eigenvalue weighted by Crippen LogP contribution is 2.44. The van der Waals surface area contributed by atoms with E-state index < -0.39 is 0 Å². The number of hydrogen-bond donors (Lipinski definition) is 0. The van der Waals surface area contributed by atoms with Gasteiger partial charge in [-0.05, 0) is 79.5 Å².